The van der Waals surface area contributed by atoms with E-state index in [2.05, 4.69) is 0 Å². The molecule has 1 rings (SSSR count). The Hall–Kier alpha value is -2.10. The summed E-state index contributed by atoms with van der Waals surface area (Å²) in [6.45, 7) is 0. The van der Waals surface area contributed by atoms with Crippen molar-refractivity contribution >= 4 is 5.69 Å². The van der Waals surface area contributed by atoms with Crippen molar-refractivity contribution in [3.63, 3.8) is 0 Å². The SMILES string of the molecule is N#C[C@@H](c1cccc([N+](=O)[O-])c1)C(F)(F)F. The van der Waals surface area contributed by atoms with Crippen LogP contribution in [0.3, 0.4) is 0 Å². The number of alkyl halides is 3. The van der Waals surface area contributed by atoms with Crippen LogP contribution in [0.2, 0.25) is 0 Å². The highest BCUT2D eigenvalue weighted by molar-refractivity contribution is 5.38. The van der Waals surface area contributed by atoms with Crippen LogP contribution in [0.1, 0.15) is 11.5 Å². The largest absolute Gasteiger partial charge is 0.408 e. The number of nitrogens with zero attached hydrogens (tertiary/aromatic N) is 2. The molecule has 0 fully saturated rings. The molecular formula is C9H5F3N2O2. The molecule has 84 valence electrons. The first-order valence-corrected chi connectivity index (χ1v) is 4.07. The maximum atomic E-state index is 12.3. The highest BCUT2D eigenvalue weighted by Gasteiger charge is 2.41. The first-order chi connectivity index (χ1) is 7.36. The quantitative estimate of drug-likeness (QED) is 0.579. The Kier molecular flexibility index (Phi) is 3.13. The van der Waals surface area contributed by atoms with E-state index in [1.165, 1.54) is 0 Å². The van der Waals surface area contributed by atoms with E-state index in [-0.39, 0.29) is 0 Å². The third-order valence-electron chi connectivity index (χ3n) is 1.87. The van der Waals surface area contributed by atoms with Crippen LogP contribution in [-0.4, -0.2) is 11.1 Å². The normalized spacial score (nSPS) is 12.9. The third-order valence-corrected chi connectivity index (χ3v) is 1.87. The second-order valence-electron chi connectivity index (χ2n) is 2.96. The molecule has 0 aliphatic carbocycles. The van der Waals surface area contributed by atoms with Crippen molar-refractivity contribution in [1.82, 2.24) is 0 Å². The average Bonchev–Trinajstić information content (AvgIpc) is 2.17. The fourth-order valence-corrected chi connectivity index (χ4v) is 1.15. The third kappa shape index (κ3) is 2.48. The van der Waals surface area contributed by atoms with Crippen LogP contribution in [0.5, 0.6) is 0 Å². The lowest BCUT2D eigenvalue weighted by Gasteiger charge is -2.12. The van der Waals surface area contributed by atoms with Gasteiger partial charge in [-0.15, -0.1) is 0 Å². The predicted molar refractivity (Wildman–Crippen MR) is 47.5 cm³/mol. The molecule has 16 heavy (non-hydrogen) atoms. The average molecular weight is 230 g/mol. The molecule has 0 N–H and O–H groups in total. The van der Waals surface area contributed by atoms with Crippen molar-refractivity contribution in [3.05, 3.63) is 39.9 Å². The van der Waals surface area contributed by atoms with Gasteiger partial charge in [-0.25, -0.2) is 0 Å². The lowest BCUT2D eigenvalue weighted by Crippen LogP contribution is -2.19. The maximum absolute atomic E-state index is 12.3. The van der Waals surface area contributed by atoms with Gasteiger partial charge in [0.15, 0.2) is 5.92 Å². The molecule has 0 radical (unpaired) electrons. The Morgan fingerprint density at radius 3 is 2.50 bits per heavy atom. The van der Waals surface area contributed by atoms with E-state index in [1.54, 1.807) is 0 Å². The van der Waals surface area contributed by atoms with E-state index in [0.717, 1.165) is 30.3 Å². The highest BCUT2D eigenvalue weighted by atomic mass is 19.4. The number of halogens is 3. The Morgan fingerprint density at radius 2 is 2.06 bits per heavy atom. The maximum Gasteiger partial charge on any atom is 0.408 e. The molecule has 0 amide bonds. The van der Waals surface area contributed by atoms with Crippen LogP contribution in [0, 0.1) is 21.4 Å². The minimum Gasteiger partial charge on any atom is -0.258 e. The number of rotatable bonds is 2. The number of hydrogen-bond donors (Lipinski definition) is 0. The first-order valence-electron chi connectivity index (χ1n) is 4.07. The summed E-state index contributed by atoms with van der Waals surface area (Å²) in [6.07, 6.45) is -4.73. The monoisotopic (exact) mass is 230 g/mol. The minimum atomic E-state index is -4.73. The van der Waals surface area contributed by atoms with E-state index in [9.17, 15) is 23.3 Å². The van der Waals surface area contributed by atoms with Crippen molar-refractivity contribution < 1.29 is 18.1 Å². The second-order valence-corrected chi connectivity index (χ2v) is 2.96. The van der Waals surface area contributed by atoms with Crippen LogP contribution in [0.4, 0.5) is 18.9 Å². The van der Waals surface area contributed by atoms with Gasteiger partial charge in [-0.3, -0.25) is 10.1 Å². The Morgan fingerprint density at radius 1 is 1.44 bits per heavy atom. The molecule has 0 aliphatic rings. The fourth-order valence-electron chi connectivity index (χ4n) is 1.15. The highest BCUT2D eigenvalue weighted by Crippen LogP contribution is 2.35. The number of nitro groups is 1. The molecule has 0 spiro atoms. The van der Waals surface area contributed by atoms with E-state index in [0.29, 0.717) is 0 Å². The molecule has 0 unspecified atom stereocenters. The van der Waals surface area contributed by atoms with Gasteiger partial charge in [-0.05, 0) is 5.56 Å². The topological polar surface area (TPSA) is 66.9 Å². The zero-order chi connectivity index (χ0) is 12.3. The van der Waals surface area contributed by atoms with Gasteiger partial charge in [0, 0.05) is 12.1 Å². The molecule has 0 bridgehead atoms. The summed E-state index contributed by atoms with van der Waals surface area (Å²) < 4.78 is 37.0. The van der Waals surface area contributed by atoms with E-state index in [1.807, 2.05) is 0 Å². The van der Waals surface area contributed by atoms with Gasteiger partial charge in [0.25, 0.3) is 5.69 Å². The van der Waals surface area contributed by atoms with Crippen molar-refractivity contribution in [3.8, 4) is 6.07 Å². The number of nitriles is 1. The lowest BCUT2D eigenvalue weighted by atomic mass is 10.00. The molecule has 0 aliphatic heterocycles. The summed E-state index contributed by atoms with van der Waals surface area (Å²) >= 11 is 0. The van der Waals surface area contributed by atoms with Crippen molar-refractivity contribution in [2.24, 2.45) is 0 Å². The molecule has 0 aromatic heterocycles. The van der Waals surface area contributed by atoms with Crippen LogP contribution >= 0.6 is 0 Å². The van der Waals surface area contributed by atoms with E-state index >= 15 is 0 Å². The van der Waals surface area contributed by atoms with Crippen LogP contribution in [0.25, 0.3) is 0 Å². The fraction of sp³-hybridized carbons (Fsp3) is 0.222. The second kappa shape index (κ2) is 4.18. The number of benzene rings is 1. The van der Waals surface area contributed by atoms with E-state index in [4.69, 9.17) is 5.26 Å². The Bertz CT molecular complexity index is 451. The smallest absolute Gasteiger partial charge is 0.258 e. The van der Waals surface area contributed by atoms with Gasteiger partial charge >= 0.3 is 6.18 Å². The van der Waals surface area contributed by atoms with Gasteiger partial charge in [0.05, 0.1) is 11.0 Å². The molecule has 4 nitrogen and oxygen atoms in total. The lowest BCUT2D eigenvalue weighted by molar-refractivity contribution is -0.384. The molecule has 0 saturated heterocycles. The molecule has 7 heteroatoms. The predicted octanol–water partition coefficient (Wildman–Crippen LogP) is 2.76. The Labute approximate surface area is 88.1 Å². The van der Waals surface area contributed by atoms with Crippen molar-refractivity contribution in [2.45, 2.75) is 12.1 Å². The summed E-state index contributed by atoms with van der Waals surface area (Å²) in [5, 5.41) is 18.8. The zero-order valence-electron chi connectivity index (χ0n) is 7.73. The van der Waals surface area contributed by atoms with Crippen molar-refractivity contribution in [1.29, 1.82) is 5.26 Å². The number of nitro benzene ring substituents is 1. The van der Waals surface area contributed by atoms with Gasteiger partial charge in [0.2, 0.25) is 0 Å². The summed E-state index contributed by atoms with van der Waals surface area (Å²) in [4.78, 5) is 9.54. The molecule has 0 heterocycles. The zero-order valence-corrected chi connectivity index (χ0v) is 7.73. The molecule has 0 saturated carbocycles. The standard InChI is InChI=1S/C9H5F3N2O2/c10-9(11,12)8(5-13)6-2-1-3-7(4-6)14(15)16/h1-4,8H/t8-/m0/s1. The Balaban J connectivity index is 3.18. The summed E-state index contributed by atoms with van der Waals surface area (Å²) in [6, 6.07) is 5.04. The minimum absolute atomic E-state index is 0.427. The number of hydrogen-bond acceptors (Lipinski definition) is 3. The number of non-ortho nitro benzene ring substituents is 1. The van der Waals surface area contributed by atoms with Crippen LogP contribution in [-0.2, 0) is 0 Å². The van der Waals surface area contributed by atoms with Crippen LogP contribution < -0.4 is 0 Å². The van der Waals surface area contributed by atoms with Crippen LogP contribution in [0.15, 0.2) is 24.3 Å². The summed E-state index contributed by atoms with van der Waals surface area (Å²) in [5.74, 6) is -2.34. The van der Waals surface area contributed by atoms with E-state index < -0.39 is 28.3 Å². The van der Waals surface area contributed by atoms with Gasteiger partial charge in [0.1, 0.15) is 0 Å². The molecule has 1 atom stereocenters. The molecular weight excluding hydrogens is 225 g/mol. The summed E-state index contributed by atoms with van der Waals surface area (Å²) in [7, 11) is 0. The summed E-state index contributed by atoms with van der Waals surface area (Å²) in [5.41, 5.74) is -0.897. The van der Waals surface area contributed by atoms with Gasteiger partial charge in [-0.2, -0.15) is 18.4 Å². The van der Waals surface area contributed by atoms with Crippen molar-refractivity contribution in [2.75, 3.05) is 0 Å². The molecule has 1 aromatic carbocycles. The molecule has 1 aromatic rings. The first kappa shape index (κ1) is 12.0. The van der Waals surface area contributed by atoms with Gasteiger partial charge in [-0.1, -0.05) is 12.1 Å². The van der Waals surface area contributed by atoms with Gasteiger partial charge < -0.3 is 0 Å².